The zero-order valence-electron chi connectivity index (χ0n) is 8.73. The van der Waals surface area contributed by atoms with Gasteiger partial charge < -0.3 is 10.4 Å². The molecule has 0 radical (unpaired) electrons. The molecule has 4 heteroatoms. The van der Waals surface area contributed by atoms with Gasteiger partial charge in [-0.15, -0.1) is 0 Å². The second-order valence-corrected chi connectivity index (χ2v) is 3.22. The Kier molecular flexibility index (Phi) is 4.80. The van der Waals surface area contributed by atoms with Crippen LogP contribution in [0.4, 0.5) is 0 Å². The fraction of sp³-hybridized carbons (Fsp3) is 0.364. The van der Waals surface area contributed by atoms with E-state index in [-0.39, 0.29) is 12.5 Å². The molecule has 0 aromatic heterocycles. The number of likely N-dealkylation sites (N-methyl/N-ethyl adjacent to an activating group) is 1. The van der Waals surface area contributed by atoms with Crippen LogP contribution in [0.5, 0.6) is 0 Å². The van der Waals surface area contributed by atoms with Gasteiger partial charge in [0.2, 0.25) is 5.91 Å². The van der Waals surface area contributed by atoms with Gasteiger partial charge in [0, 0.05) is 13.6 Å². The number of aliphatic hydroxyl groups excluding tert-OH is 1. The molecule has 1 aromatic rings. The highest BCUT2D eigenvalue weighted by atomic mass is 16.3. The molecule has 4 nitrogen and oxygen atoms in total. The minimum Gasteiger partial charge on any atom is -0.394 e. The molecular formula is C11H16N2O2. The van der Waals surface area contributed by atoms with Gasteiger partial charge in [0.05, 0.1) is 6.61 Å². The third-order valence-corrected chi connectivity index (χ3v) is 2.14. The van der Waals surface area contributed by atoms with Gasteiger partial charge in [-0.1, -0.05) is 30.3 Å². The summed E-state index contributed by atoms with van der Waals surface area (Å²) in [6.07, 6.45) is 0. The summed E-state index contributed by atoms with van der Waals surface area (Å²) in [5.74, 6) is -0.201. The minimum absolute atomic E-state index is 0.201. The van der Waals surface area contributed by atoms with Gasteiger partial charge in [0.15, 0.2) is 0 Å². The van der Waals surface area contributed by atoms with Gasteiger partial charge in [-0.3, -0.25) is 10.1 Å². The lowest BCUT2D eigenvalue weighted by molar-refractivity contribution is -0.123. The van der Waals surface area contributed by atoms with Gasteiger partial charge in [0.25, 0.3) is 0 Å². The standard InChI is InChI=1S/C11H16N2O2/c1-12-11(15)10(8-14)13-7-9-5-3-2-4-6-9/h2-6,10,13-14H,7-8H2,1H3,(H,12,15). The summed E-state index contributed by atoms with van der Waals surface area (Å²) in [5.41, 5.74) is 1.08. The van der Waals surface area contributed by atoms with Crippen molar-refractivity contribution in [2.24, 2.45) is 0 Å². The Bertz CT molecular complexity index is 301. The van der Waals surface area contributed by atoms with Crippen molar-refractivity contribution in [1.82, 2.24) is 10.6 Å². The predicted molar refractivity (Wildman–Crippen MR) is 58.2 cm³/mol. The quantitative estimate of drug-likeness (QED) is 0.632. The lowest BCUT2D eigenvalue weighted by atomic mass is 10.2. The van der Waals surface area contributed by atoms with Crippen molar-refractivity contribution >= 4 is 5.91 Å². The molecule has 3 N–H and O–H groups in total. The van der Waals surface area contributed by atoms with Crippen LogP contribution in [0.25, 0.3) is 0 Å². The molecule has 1 atom stereocenters. The van der Waals surface area contributed by atoms with Gasteiger partial charge >= 0.3 is 0 Å². The lowest BCUT2D eigenvalue weighted by Crippen LogP contribution is -2.44. The first-order chi connectivity index (χ1) is 7.27. The molecular weight excluding hydrogens is 192 g/mol. The fourth-order valence-corrected chi connectivity index (χ4v) is 1.25. The maximum atomic E-state index is 11.2. The number of hydrogen-bond donors (Lipinski definition) is 3. The zero-order chi connectivity index (χ0) is 11.1. The van der Waals surface area contributed by atoms with E-state index in [0.717, 1.165) is 5.56 Å². The largest absolute Gasteiger partial charge is 0.394 e. The first-order valence-corrected chi connectivity index (χ1v) is 4.87. The van der Waals surface area contributed by atoms with E-state index in [0.29, 0.717) is 6.54 Å². The number of carbonyl (C=O) groups is 1. The van der Waals surface area contributed by atoms with Crippen LogP contribution in [0.1, 0.15) is 5.56 Å². The molecule has 0 saturated carbocycles. The summed E-state index contributed by atoms with van der Waals surface area (Å²) in [5, 5.41) is 14.4. The van der Waals surface area contributed by atoms with E-state index in [1.807, 2.05) is 30.3 Å². The second kappa shape index (κ2) is 6.16. The number of benzene rings is 1. The Morgan fingerprint density at radius 1 is 1.40 bits per heavy atom. The Balaban J connectivity index is 2.44. The van der Waals surface area contributed by atoms with Crippen LogP contribution in [0.2, 0.25) is 0 Å². The van der Waals surface area contributed by atoms with Crippen LogP contribution in [0, 0.1) is 0 Å². The highest BCUT2D eigenvalue weighted by Gasteiger charge is 2.14. The summed E-state index contributed by atoms with van der Waals surface area (Å²) >= 11 is 0. The number of aliphatic hydroxyl groups is 1. The van der Waals surface area contributed by atoms with Crippen LogP contribution in [-0.4, -0.2) is 30.7 Å². The van der Waals surface area contributed by atoms with Crippen molar-refractivity contribution in [3.8, 4) is 0 Å². The number of rotatable bonds is 5. The number of nitrogens with one attached hydrogen (secondary N) is 2. The molecule has 1 rings (SSSR count). The molecule has 1 amide bonds. The smallest absolute Gasteiger partial charge is 0.239 e. The van der Waals surface area contributed by atoms with Crippen molar-refractivity contribution in [1.29, 1.82) is 0 Å². The zero-order valence-corrected chi connectivity index (χ0v) is 8.73. The Labute approximate surface area is 89.3 Å². The van der Waals surface area contributed by atoms with E-state index in [1.165, 1.54) is 0 Å². The summed E-state index contributed by atoms with van der Waals surface area (Å²) in [7, 11) is 1.55. The first kappa shape index (κ1) is 11.7. The Hall–Kier alpha value is -1.39. The van der Waals surface area contributed by atoms with Crippen molar-refractivity contribution in [3.05, 3.63) is 35.9 Å². The average Bonchev–Trinajstić information content (AvgIpc) is 2.31. The molecule has 82 valence electrons. The molecule has 1 aromatic carbocycles. The van der Waals surface area contributed by atoms with Crippen molar-refractivity contribution in [3.63, 3.8) is 0 Å². The lowest BCUT2D eigenvalue weighted by Gasteiger charge is -2.14. The predicted octanol–water partition coefficient (Wildman–Crippen LogP) is -0.117. The van der Waals surface area contributed by atoms with Gasteiger partial charge in [-0.05, 0) is 5.56 Å². The molecule has 0 aliphatic heterocycles. The van der Waals surface area contributed by atoms with Crippen LogP contribution in [0.15, 0.2) is 30.3 Å². The molecule has 0 saturated heterocycles. The normalized spacial score (nSPS) is 12.1. The highest BCUT2D eigenvalue weighted by Crippen LogP contribution is 1.98. The summed E-state index contributed by atoms with van der Waals surface area (Å²) in [6.45, 7) is 0.367. The fourth-order valence-electron chi connectivity index (χ4n) is 1.25. The molecule has 1 unspecified atom stereocenters. The second-order valence-electron chi connectivity index (χ2n) is 3.22. The average molecular weight is 208 g/mol. The van der Waals surface area contributed by atoms with Gasteiger partial charge in [0.1, 0.15) is 6.04 Å². The van der Waals surface area contributed by atoms with E-state index in [4.69, 9.17) is 5.11 Å². The minimum atomic E-state index is -0.546. The maximum absolute atomic E-state index is 11.2. The van der Waals surface area contributed by atoms with E-state index < -0.39 is 6.04 Å². The molecule has 0 aliphatic rings. The van der Waals surface area contributed by atoms with Gasteiger partial charge in [-0.25, -0.2) is 0 Å². The first-order valence-electron chi connectivity index (χ1n) is 4.87. The molecule has 0 spiro atoms. The maximum Gasteiger partial charge on any atom is 0.239 e. The van der Waals surface area contributed by atoms with Crippen LogP contribution in [0.3, 0.4) is 0 Å². The van der Waals surface area contributed by atoms with Crippen molar-refractivity contribution < 1.29 is 9.90 Å². The molecule has 0 fully saturated rings. The molecule has 0 heterocycles. The van der Waals surface area contributed by atoms with Crippen molar-refractivity contribution in [2.75, 3.05) is 13.7 Å². The van der Waals surface area contributed by atoms with Crippen LogP contribution in [-0.2, 0) is 11.3 Å². The van der Waals surface area contributed by atoms with Crippen LogP contribution < -0.4 is 10.6 Å². The number of carbonyl (C=O) groups excluding carboxylic acids is 1. The molecule has 0 aliphatic carbocycles. The highest BCUT2D eigenvalue weighted by molar-refractivity contribution is 5.81. The van der Waals surface area contributed by atoms with E-state index in [9.17, 15) is 4.79 Å². The Morgan fingerprint density at radius 3 is 2.60 bits per heavy atom. The molecule has 0 bridgehead atoms. The third kappa shape index (κ3) is 3.69. The SMILES string of the molecule is CNC(=O)C(CO)NCc1ccccc1. The van der Waals surface area contributed by atoms with E-state index in [2.05, 4.69) is 10.6 Å². The summed E-state index contributed by atoms with van der Waals surface area (Å²) in [6, 6.07) is 9.19. The van der Waals surface area contributed by atoms with Crippen molar-refractivity contribution in [2.45, 2.75) is 12.6 Å². The van der Waals surface area contributed by atoms with E-state index in [1.54, 1.807) is 7.05 Å². The van der Waals surface area contributed by atoms with Crippen LogP contribution >= 0.6 is 0 Å². The topological polar surface area (TPSA) is 61.4 Å². The summed E-state index contributed by atoms with van der Waals surface area (Å²) < 4.78 is 0. The monoisotopic (exact) mass is 208 g/mol. The summed E-state index contributed by atoms with van der Waals surface area (Å²) in [4.78, 5) is 11.2. The number of amides is 1. The molecule has 15 heavy (non-hydrogen) atoms. The number of hydrogen-bond acceptors (Lipinski definition) is 3. The van der Waals surface area contributed by atoms with Gasteiger partial charge in [-0.2, -0.15) is 0 Å². The Morgan fingerprint density at radius 2 is 2.07 bits per heavy atom. The van der Waals surface area contributed by atoms with E-state index >= 15 is 0 Å². The third-order valence-electron chi connectivity index (χ3n) is 2.14.